The summed E-state index contributed by atoms with van der Waals surface area (Å²) in [5.41, 5.74) is 5.31. The van der Waals surface area contributed by atoms with Gasteiger partial charge >= 0.3 is 0 Å². The van der Waals surface area contributed by atoms with Crippen molar-refractivity contribution in [1.82, 2.24) is 10.2 Å². The number of hydrogen-bond acceptors (Lipinski definition) is 4. The molecule has 5 heteroatoms. The van der Waals surface area contributed by atoms with E-state index in [4.69, 9.17) is 0 Å². The van der Waals surface area contributed by atoms with Crippen LogP contribution < -0.4 is 5.32 Å². The van der Waals surface area contributed by atoms with Gasteiger partial charge in [-0.15, -0.1) is 0 Å². The Kier molecular flexibility index (Phi) is 7.35. The van der Waals surface area contributed by atoms with Crippen LogP contribution in [0, 0.1) is 0 Å². The molecule has 1 atom stereocenters. The summed E-state index contributed by atoms with van der Waals surface area (Å²) < 4.78 is 0. The van der Waals surface area contributed by atoms with E-state index in [2.05, 4.69) is 49.5 Å². The van der Waals surface area contributed by atoms with Gasteiger partial charge in [0.25, 0.3) is 0 Å². The molecular weight excluding hydrogens is 424 g/mol. The number of amides is 1. The molecule has 1 aliphatic heterocycles. The van der Waals surface area contributed by atoms with Gasteiger partial charge in [0.05, 0.1) is 12.5 Å². The lowest BCUT2D eigenvalue weighted by Gasteiger charge is -2.29. The second-order valence-electron chi connectivity index (χ2n) is 9.88. The smallest absolute Gasteiger partial charge is 0.227 e. The van der Waals surface area contributed by atoms with Crippen LogP contribution in [0.2, 0.25) is 0 Å². The van der Waals surface area contributed by atoms with Crippen molar-refractivity contribution in [3.63, 3.8) is 0 Å². The van der Waals surface area contributed by atoms with Gasteiger partial charge < -0.3 is 20.4 Å². The SMILES string of the molecule is CC(C)(Cc1cccc(CC(=O)N2CCc3ccccc3C2)c1)NCC(O)c1ccc(O)cc1. The van der Waals surface area contributed by atoms with Crippen molar-refractivity contribution >= 4 is 5.91 Å². The van der Waals surface area contributed by atoms with E-state index in [1.54, 1.807) is 24.3 Å². The third-order valence-corrected chi connectivity index (χ3v) is 6.53. The maximum absolute atomic E-state index is 13.0. The first kappa shape index (κ1) is 24.0. The van der Waals surface area contributed by atoms with E-state index in [1.165, 1.54) is 11.1 Å². The van der Waals surface area contributed by atoms with Crippen LogP contribution in [-0.4, -0.2) is 39.6 Å². The van der Waals surface area contributed by atoms with Gasteiger partial charge in [0, 0.05) is 25.2 Å². The fourth-order valence-electron chi connectivity index (χ4n) is 4.60. The Hall–Kier alpha value is -3.15. The number of carbonyl (C=O) groups excluding carboxylic acids is 1. The number of nitrogens with one attached hydrogen (secondary N) is 1. The van der Waals surface area contributed by atoms with Crippen LogP contribution in [0.25, 0.3) is 0 Å². The van der Waals surface area contributed by atoms with E-state index < -0.39 is 6.10 Å². The summed E-state index contributed by atoms with van der Waals surface area (Å²) in [5.74, 6) is 0.355. The maximum atomic E-state index is 13.0. The molecule has 0 radical (unpaired) electrons. The van der Waals surface area contributed by atoms with Gasteiger partial charge in [-0.05, 0) is 66.6 Å². The molecule has 0 aliphatic carbocycles. The monoisotopic (exact) mass is 458 g/mol. The summed E-state index contributed by atoms with van der Waals surface area (Å²) in [4.78, 5) is 14.9. The minimum Gasteiger partial charge on any atom is -0.508 e. The van der Waals surface area contributed by atoms with Crippen molar-refractivity contribution in [1.29, 1.82) is 0 Å². The third kappa shape index (κ3) is 6.25. The molecule has 3 aromatic carbocycles. The van der Waals surface area contributed by atoms with Crippen LogP contribution in [-0.2, 0) is 30.6 Å². The Balaban J connectivity index is 1.32. The van der Waals surface area contributed by atoms with Gasteiger partial charge in [-0.3, -0.25) is 4.79 Å². The fourth-order valence-corrected chi connectivity index (χ4v) is 4.60. The van der Waals surface area contributed by atoms with Crippen molar-refractivity contribution < 1.29 is 15.0 Å². The first-order valence-corrected chi connectivity index (χ1v) is 11.9. The summed E-state index contributed by atoms with van der Waals surface area (Å²) in [6, 6.07) is 23.2. The number of rotatable bonds is 8. The summed E-state index contributed by atoms with van der Waals surface area (Å²) in [5, 5.41) is 23.4. The van der Waals surface area contributed by atoms with Gasteiger partial charge in [0.2, 0.25) is 5.91 Å². The normalized spacial score (nSPS) is 14.5. The van der Waals surface area contributed by atoms with Crippen LogP contribution in [0.15, 0.2) is 72.8 Å². The number of nitrogens with zero attached hydrogens (tertiary/aromatic N) is 1. The number of aliphatic hydroxyl groups is 1. The predicted molar refractivity (Wildman–Crippen MR) is 135 cm³/mol. The van der Waals surface area contributed by atoms with Crippen LogP contribution in [0.1, 0.15) is 47.8 Å². The molecule has 0 saturated carbocycles. The van der Waals surface area contributed by atoms with Crippen LogP contribution in [0.3, 0.4) is 0 Å². The molecule has 4 rings (SSSR count). The van der Waals surface area contributed by atoms with E-state index in [0.717, 1.165) is 36.1 Å². The minimum atomic E-state index is -0.654. The average molecular weight is 459 g/mol. The Morgan fingerprint density at radius 1 is 1.00 bits per heavy atom. The zero-order valence-electron chi connectivity index (χ0n) is 20.0. The number of fused-ring (bicyclic) bond motifs is 1. The number of carbonyl (C=O) groups is 1. The van der Waals surface area contributed by atoms with Crippen molar-refractivity contribution in [2.75, 3.05) is 13.1 Å². The number of phenolic OH excluding ortho intramolecular Hbond substituents is 1. The Labute approximate surface area is 202 Å². The molecule has 0 bridgehead atoms. The van der Waals surface area contributed by atoms with Gasteiger partial charge in [0.15, 0.2) is 0 Å². The number of β-amino-alcohol motifs (C(OH)–C–C–N with tert-alkyl or cyclic N) is 1. The van der Waals surface area contributed by atoms with Crippen molar-refractivity contribution in [2.24, 2.45) is 0 Å². The summed E-state index contributed by atoms with van der Waals surface area (Å²) in [6.07, 6.45) is 1.44. The van der Waals surface area contributed by atoms with E-state index in [-0.39, 0.29) is 17.2 Å². The molecule has 3 N–H and O–H groups in total. The third-order valence-electron chi connectivity index (χ3n) is 6.53. The summed E-state index contributed by atoms with van der Waals surface area (Å²) >= 11 is 0. The standard InChI is InChI=1S/C29H34N2O3/c1-29(2,30-19-27(33)24-10-12-26(32)13-11-24)18-22-7-5-6-21(16-22)17-28(34)31-15-14-23-8-3-4-9-25(23)20-31/h3-13,16,27,30,32-33H,14-15,17-20H2,1-2H3. The maximum Gasteiger partial charge on any atom is 0.227 e. The van der Waals surface area contributed by atoms with Crippen LogP contribution in [0.5, 0.6) is 5.75 Å². The minimum absolute atomic E-state index is 0.168. The van der Waals surface area contributed by atoms with Crippen LogP contribution >= 0.6 is 0 Å². The largest absolute Gasteiger partial charge is 0.508 e. The van der Waals surface area contributed by atoms with E-state index >= 15 is 0 Å². The molecule has 1 amide bonds. The number of phenols is 1. The molecule has 1 unspecified atom stereocenters. The van der Waals surface area contributed by atoms with Gasteiger partial charge in [-0.25, -0.2) is 0 Å². The molecule has 0 aromatic heterocycles. The highest BCUT2D eigenvalue weighted by Crippen LogP contribution is 2.21. The lowest BCUT2D eigenvalue weighted by molar-refractivity contribution is -0.131. The number of aromatic hydroxyl groups is 1. The Morgan fingerprint density at radius 3 is 2.47 bits per heavy atom. The molecule has 1 heterocycles. The van der Waals surface area contributed by atoms with Crippen molar-refractivity contribution in [3.05, 3.63) is 101 Å². The Bertz CT molecular complexity index is 1120. The molecule has 5 nitrogen and oxygen atoms in total. The predicted octanol–water partition coefficient (Wildman–Crippen LogP) is 4.16. The quantitative estimate of drug-likeness (QED) is 0.474. The van der Waals surface area contributed by atoms with Gasteiger partial charge in [-0.1, -0.05) is 60.7 Å². The molecule has 178 valence electrons. The van der Waals surface area contributed by atoms with Crippen molar-refractivity contribution in [2.45, 2.75) is 51.3 Å². The lowest BCUT2D eigenvalue weighted by Crippen LogP contribution is -2.43. The van der Waals surface area contributed by atoms with E-state index in [1.807, 2.05) is 23.1 Å². The van der Waals surface area contributed by atoms with Crippen LogP contribution in [0.4, 0.5) is 0 Å². The zero-order valence-corrected chi connectivity index (χ0v) is 20.0. The second kappa shape index (κ2) is 10.4. The number of hydrogen-bond donors (Lipinski definition) is 3. The number of benzene rings is 3. The zero-order chi connectivity index (χ0) is 24.1. The van der Waals surface area contributed by atoms with Gasteiger partial charge in [-0.2, -0.15) is 0 Å². The van der Waals surface area contributed by atoms with E-state index in [0.29, 0.717) is 19.5 Å². The molecule has 3 aromatic rings. The lowest BCUT2D eigenvalue weighted by atomic mass is 9.93. The molecule has 0 saturated heterocycles. The Morgan fingerprint density at radius 2 is 1.71 bits per heavy atom. The number of aliphatic hydroxyl groups excluding tert-OH is 1. The summed E-state index contributed by atoms with van der Waals surface area (Å²) in [6.45, 7) is 6.09. The highest BCUT2D eigenvalue weighted by atomic mass is 16.3. The highest BCUT2D eigenvalue weighted by Gasteiger charge is 2.22. The molecule has 34 heavy (non-hydrogen) atoms. The second-order valence-corrected chi connectivity index (χ2v) is 9.88. The van der Waals surface area contributed by atoms with E-state index in [9.17, 15) is 15.0 Å². The first-order chi connectivity index (χ1) is 16.3. The van der Waals surface area contributed by atoms with Crippen molar-refractivity contribution in [3.8, 4) is 5.75 Å². The first-order valence-electron chi connectivity index (χ1n) is 11.9. The molecule has 1 aliphatic rings. The summed E-state index contributed by atoms with van der Waals surface area (Å²) in [7, 11) is 0. The molecule has 0 fully saturated rings. The van der Waals surface area contributed by atoms with Gasteiger partial charge in [0.1, 0.15) is 5.75 Å². The average Bonchev–Trinajstić information content (AvgIpc) is 2.82. The molecular formula is C29H34N2O3. The topological polar surface area (TPSA) is 72.8 Å². The fraction of sp³-hybridized carbons (Fsp3) is 0.345. The highest BCUT2D eigenvalue weighted by molar-refractivity contribution is 5.79. The molecule has 0 spiro atoms.